The van der Waals surface area contributed by atoms with Crippen molar-refractivity contribution < 1.29 is 14.3 Å². The number of amides is 2. The van der Waals surface area contributed by atoms with Crippen LogP contribution < -0.4 is 10.6 Å². The SMILES string of the molecule is COC(=O)C1=C(CN2CCCCC2)NC(=O)N[C@H]1c1ccccc1Cl. The molecule has 0 spiro atoms. The van der Waals surface area contributed by atoms with Gasteiger partial charge in [-0.2, -0.15) is 0 Å². The maximum atomic E-state index is 12.5. The summed E-state index contributed by atoms with van der Waals surface area (Å²) in [6.45, 7) is 2.43. The monoisotopic (exact) mass is 363 g/mol. The summed E-state index contributed by atoms with van der Waals surface area (Å²) in [7, 11) is 1.34. The van der Waals surface area contributed by atoms with Crippen LogP contribution in [0.5, 0.6) is 0 Å². The van der Waals surface area contributed by atoms with Gasteiger partial charge in [-0.05, 0) is 37.6 Å². The predicted molar refractivity (Wildman–Crippen MR) is 95.2 cm³/mol. The van der Waals surface area contributed by atoms with Crippen molar-refractivity contribution in [3.8, 4) is 0 Å². The molecule has 6 nitrogen and oxygen atoms in total. The molecular weight excluding hydrogens is 342 g/mol. The number of likely N-dealkylation sites (tertiary alicyclic amines) is 1. The van der Waals surface area contributed by atoms with Crippen molar-refractivity contribution in [3.63, 3.8) is 0 Å². The van der Waals surface area contributed by atoms with E-state index in [0.717, 1.165) is 25.9 Å². The van der Waals surface area contributed by atoms with Crippen LogP contribution in [-0.2, 0) is 9.53 Å². The highest BCUT2D eigenvalue weighted by Crippen LogP contribution is 2.32. The lowest BCUT2D eigenvalue weighted by molar-refractivity contribution is -0.136. The molecule has 0 unspecified atom stereocenters. The molecule has 2 heterocycles. The molecule has 1 fully saturated rings. The van der Waals surface area contributed by atoms with Gasteiger partial charge in [-0.15, -0.1) is 0 Å². The van der Waals surface area contributed by atoms with Gasteiger partial charge in [0, 0.05) is 17.3 Å². The number of rotatable bonds is 4. The minimum absolute atomic E-state index is 0.343. The highest BCUT2D eigenvalue weighted by atomic mass is 35.5. The Labute approximate surface area is 152 Å². The van der Waals surface area contributed by atoms with Crippen molar-refractivity contribution in [2.75, 3.05) is 26.7 Å². The number of hydrogen-bond donors (Lipinski definition) is 2. The molecule has 134 valence electrons. The zero-order chi connectivity index (χ0) is 17.8. The van der Waals surface area contributed by atoms with Crippen molar-refractivity contribution >= 4 is 23.6 Å². The molecule has 1 saturated heterocycles. The van der Waals surface area contributed by atoms with Gasteiger partial charge in [0.25, 0.3) is 0 Å². The van der Waals surface area contributed by atoms with E-state index in [0.29, 0.717) is 28.4 Å². The number of carbonyl (C=O) groups is 2. The average Bonchev–Trinajstić information content (AvgIpc) is 2.62. The Morgan fingerprint density at radius 1 is 1.28 bits per heavy atom. The molecule has 1 aromatic carbocycles. The first-order valence-electron chi connectivity index (χ1n) is 8.46. The second kappa shape index (κ2) is 7.89. The fourth-order valence-electron chi connectivity index (χ4n) is 3.38. The Hall–Kier alpha value is -2.05. The number of hydrogen-bond acceptors (Lipinski definition) is 4. The van der Waals surface area contributed by atoms with E-state index < -0.39 is 12.0 Å². The van der Waals surface area contributed by atoms with Crippen LogP contribution in [0.2, 0.25) is 5.02 Å². The Morgan fingerprint density at radius 2 is 2.00 bits per heavy atom. The van der Waals surface area contributed by atoms with Gasteiger partial charge in [0.2, 0.25) is 0 Å². The van der Waals surface area contributed by atoms with E-state index in [1.165, 1.54) is 13.5 Å². The highest BCUT2D eigenvalue weighted by molar-refractivity contribution is 6.31. The lowest BCUT2D eigenvalue weighted by atomic mass is 9.94. The number of benzene rings is 1. The van der Waals surface area contributed by atoms with Gasteiger partial charge in [0.15, 0.2) is 0 Å². The van der Waals surface area contributed by atoms with Crippen LogP contribution in [0.3, 0.4) is 0 Å². The number of esters is 1. The number of methoxy groups -OCH3 is 1. The summed E-state index contributed by atoms with van der Waals surface area (Å²) in [5, 5.41) is 6.08. The largest absolute Gasteiger partial charge is 0.466 e. The lowest BCUT2D eigenvalue weighted by Gasteiger charge is -2.33. The zero-order valence-electron chi connectivity index (χ0n) is 14.2. The second-order valence-electron chi connectivity index (χ2n) is 6.27. The van der Waals surface area contributed by atoms with Gasteiger partial charge < -0.3 is 15.4 Å². The molecule has 0 aromatic heterocycles. The summed E-state index contributed by atoms with van der Waals surface area (Å²) >= 11 is 6.30. The Kier molecular flexibility index (Phi) is 5.60. The second-order valence-corrected chi connectivity index (χ2v) is 6.68. The number of nitrogens with zero attached hydrogens (tertiary/aromatic N) is 1. The summed E-state index contributed by atoms with van der Waals surface area (Å²) in [4.78, 5) is 26.9. The standard InChI is InChI=1S/C18H22ClN3O3/c1-25-17(23)15-14(11-22-9-5-2-6-10-22)20-18(24)21-16(15)12-7-3-4-8-13(12)19/h3-4,7-8,16H,2,5-6,9-11H2,1H3,(H2,20,21,24)/t16-/m0/s1. The molecule has 2 aliphatic rings. The van der Waals surface area contributed by atoms with Crippen molar-refractivity contribution in [1.29, 1.82) is 0 Å². The average molecular weight is 364 g/mol. The molecule has 0 saturated carbocycles. The van der Waals surface area contributed by atoms with Crippen molar-refractivity contribution in [1.82, 2.24) is 15.5 Å². The van der Waals surface area contributed by atoms with Gasteiger partial charge in [0.05, 0.1) is 18.7 Å². The summed E-state index contributed by atoms with van der Waals surface area (Å²) in [5.41, 5.74) is 1.67. The van der Waals surface area contributed by atoms with Crippen LogP contribution in [0.25, 0.3) is 0 Å². The number of halogens is 1. The van der Waals surface area contributed by atoms with Gasteiger partial charge in [0.1, 0.15) is 0 Å². The van der Waals surface area contributed by atoms with Crippen molar-refractivity contribution in [3.05, 3.63) is 46.1 Å². The van der Waals surface area contributed by atoms with E-state index in [4.69, 9.17) is 16.3 Å². The summed E-state index contributed by atoms with van der Waals surface area (Å²) in [6.07, 6.45) is 3.47. The molecule has 25 heavy (non-hydrogen) atoms. The molecule has 2 N–H and O–H groups in total. The lowest BCUT2D eigenvalue weighted by Crippen LogP contribution is -2.49. The van der Waals surface area contributed by atoms with Gasteiger partial charge in [-0.25, -0.2) is 9.59 Å². The molecule has 2 aliphatic heterocycles. The van der Waals surface area contributed by atoms with E-state index in [1.54, 1.807) is 12.1 Å². The molecular formula is C18H22ClN3O3. The van der Waals surface area contributed by atoms with Crippen LogP contribution in [-0.4, -0.2) is 43.6 Å². The predicted octanol–water partition coefficient (Wildman–Crippen LogP) is 2.61. The minimum atomic E-state index is -0.630. The number of piperidine rings is 1. The van der Waals surface area contributed by atoms with Crippen molar-refractivity contribution in [2.45, 2.75) is 25.3 Å². The third-order valence-corrected chi connectivity index (χ3v) is 4.95. The summed E-state index contributed by atoms with van der Waals surface area (Å²) in [6, 6.07) is 6.21. The number of carbonyl (C=O) groups excluding carboxylic acids is 2. The van der Waals surface area contributed by atoms with Crippen LogP contribution >= 0.6 is 11.6 Å². The third kappa shape index (κ3) is 3.96. The molecule has 0 radical (unpaired) electrons. The fourth-order valence-corrected chi connectivity index (χ4v) is 3.62. The van der Waals surface area contributed by atoms with Crippen molar-refractivity contribution in [2.24, 2.45) is 0 Å². The van der Waals surface area contributed by atoms with E-state index >= 15 is 0 Å². The molecule has 3 rings (SSSR count). The smallest absolute Gasteiger partial charge is 0.338 e. The maximum absolute atomic E-state index is 12.5. The summed E-state index contributed by atoms with van der Waals surface area (Å²) in [5.74, 6) is -0.468. The van der Waals surface area contributed by atoms with Crippen LogP contribution in [0.1, 0.15) is 30.9 Å². The molecule has 2 amide bonds. The number of ether oxygens (including phenoxy) is 1. The molecule has 0 bridgehead atoms. The topological polar surface area (TPSA) is 70.7 Å². The highest BCUT2D eigenvalue weighted by Gasteiger charge is 2.35. The van der Waals surface area contributed by atoms with Crippen LogP contribution in [0, 0.1) is 0 Å². The van der Waals surface area contributed by atoms with Gasteiger partial charge in [-0.1, -0.05) is 36.2 Å². The molecule has 1 atom stereocenters. The first kappa shape index (κ1) is 17.8. The molecule has 1 aromatic rings. The summed E-state index contributed by atoms with van der Waals surface area (Å²) < 4.78 is 4.99. The zero-order valence-corrected chi connectivity index (χ0v) is 14.9. The number of urea groups is 1. The fraction of sp³-hybridized carbons (Fsp3) is 0.444. The number of nitrogens with one attached hydrogen (secondary N) is 2. The van der Waals surface area contributed by atoms with Crippen LogP contribution in [0.15, 0.2) is 35.5 Å². The van der Waals surface area contributed by atoms with E-state index in [-0.39, 0.29) is 6.03 Å². The Bertz CT molecular complexity index is 699. The van der Waals surface area contributed by atoms with Gasteiger partial charge in [-0.3, -0.25) is 4.90 Å². The van der Waals surface area contributed by atoms with Crippen LogP contribution in [0.4, 0.5) is 4.79 Å². The Balaban J connectivity index is 2.00. The first-order chi connectivity index (χ1) is 12.1. The van der Waals surface area contributed by atoms with E-state index in [2.05, 4.69) is 15.5 Å². The van der Waals surface area contributed by atoms with Gasteiger partial charge >= 0.3 is 12.0 Å². The van der Waals surface area contributed by atoms with E-state index in [1.807, 2.05) is 12.1 Å². The molecule has 7 heteroatoms. The normalized spacial score (nSPS) is 21.5. The third-order valence-electron chi connectivity index (χ3n) is 4.61. The van der Waals surface area contributed by atoms with E-state index in [9.17, 15) is 9.59 Å². The maximum Gasteiger partial charge on any atom is 0.338 e. The minimum Gasteiger partial charge on any atom is -0.466 e. The molecule has 0 aliphatic carbocycles. The quantitative estimate of drug-likeness (QED) is 0.807. The first-order valence-corrected chi connectivity index (χ1v) is 8.83. The Morgan fingerprint density at radius 3 is 2.68 bits per heavy atom.